The standard InChI is InChI=1S/C12H14BrN3O/c1-8-9(13)3-2-4-11(8)16-7-15-5-12(16)10(14)6-17/h2-5,7,10,17H,6,14H2,1H3. The fraction of sp³-hybridized carbons (Fsp3) is 0.250. The lowest BCUT2D eigenvalue weighted by Gasteiger charge is -2.15. The number of hydrogen-bond donors (Lipinski definition) is 2. The normalized spacial score (nSPS) is 12.7. The van der Waals surface area contributed by atoms with E-state index in [2.05, 4.69) is 20.9 Å². The minimum Gasteiger partial charge on any atom is -0.394 e. The van der Waals surface area contributed by atoms with Crippen LogP contribution in [0.3, 0.4) is 0 Å². The molecule has 0 fully saturated rings. The summed E-state index contributed by atoms with van der Waals surface area (Å²) in [6.45, 7) is 1.92. The molecule has 1 atom stereocenters. The van der Waals surface area contributed by atoms with Gasteiger partial charge in [0.1, 0.15) is 0 Å². The average molecular weight is 296 g/mol. The smallest absolute Gasteiger partial charge is 0.0994 e. The van der Waals surface area contributed by atoms with E-state index in [9.17, 15) is 0 Å². The molecule has 0 radical (unpaired) electrons. The first-order valence-corrected chi connectivity index (χ1v) is 6.08. The van der Waals surface area contributed by atoms with Crippen LogP contribution in [0.15, 0.2) is 35.2 Å². The van der Waals surface area contributed by atoms with Crippen LogP contribution in [0.5, 0.6) is 0 Å². The molecule has 0 aliphatic heterocycles. The van der Waals surface area contributed by atoms with Crippen LogP contribution in [0.25, 0.3) is 5.69 Å². The molecular weight excluding hydrogens is 282 g/mol. The summed E-state index contributed by atoms with van der Waals surface area (Å²) >= 11 is 3.50. The van der Waals surface area contributed by atoms with Gasteiger partial charge in [-0.2, -0.15) is 0 Å². The molecule has 0 aliphatic rings. The topological polar surface area (TPSA) is 64.1 Å². The van der Waals surface area contributed by atoms with Gasteiger partial charge in [0.05, 0.1) is 36.6 Å². The van der Waals surface area contributed by atoms with E-state index in [1.54, 1.807) is 12.5 Å². The summed E-state index contributed by atoms with van der Waals surface area (Å²) < 4.78 is 2.94. The zero-order chi connectivity index (χ0) is 12.4. The molecule has 1 unspecified atom stereocenters. The number of aromatic nitrogens is 2. The highest BCUT2D eigenvalue weighted by atomic mass is 79.9. The number of halogens is 1. The number of nitrogens with zero attached hydrogens (tertiary/aromatic N) is 2. The monoisotopic (exact) mass is 295 g/mol. The number of benzene rings is 1. The number of aliphatic hydroxyl groups is 1. The molecule has 0 saturated heterocycles. The van der Waals surface area contributed by atoms with Gasteiger partial charge in [0.15, 0.2) is 0 Å². The van der Waals surface area contributed by atoms with Gasteiger partial charge in [-0.05, 0) is 24.6 Å². The highest BCUT2D eigenvalue weighted by Crippen LogP contribution is 2.24. The Balaban J connectivity index is 2.54. The van der Waals surface area contributed by atoms with Crippen LogP contribution in [0.4, 0.5) is 0 Å². The van der Waals surface area contributed by atoms with E-state index < -0.39 is 6.04 Å². The molecule has 0 saturated carbocycles. The molecule has 2 rings (SSSR count). The number of rotatable bonds is 3. The third-order valence-corrected chi connectivity index (χ3v) is 3.60. The maximum atomic E-state index is 9.13. The highest BCUT2D eigenvalue weighted by molar-refractivity contribution is 9.10. The summed E-state index contributed by atoms with van der Waals surface area (Å²) in [5.41, 5.74) is 8.76. The third-order valence-electron chi connectivity index (χ3n) is 2.74. The Kier molecular flexibility index (Phi) is 3.61. The molecule has 17 heavy (non-hydrogen) atoms. The number of hydrogen-bond acceptors (Lipinski definition) is 3. The van der Waals surface area contributed by atoms with Gasteiger partial charge in [-0.1, -0.05) is 22.0 Å². The van der Waals surface area contributed by atoms with Gasteiger partial charge in [0, 0.05) is 4.47 Å². The Labute approximate surface area is 108 Å². The van der Waals surface area contributed by atoms with Crippen molar-refractivity contribution in [3.63, 3.8) is 0 Å². The molecule has 0 bridgehead atoms. The molecular formula is C12H14BrN3O. The first kappa shape index (κ1) is 12.3. The van der Waals surface area contributed by atoms with Gasteiger partial charge in [-0.3, -0.25) is 0 Å². The second kappa shape index (κ2) is 5.00. The zero-order valence-electron chi connectivity index (χ0n) is 9.47. The predicted octanol–water partition coefficient (Wildman–Crippen LogP) is 1.94. The molecule has 1 aromatic carbocycles. The van der Waals surface area contributed by atoms with Crippen LogP contribution in [0.1, 0.15) is 17.3 Å². The summed E-state index contributed by atoms with van der Waals surface area (Å²) in [5, 5.41) is 9.13. The van der Waals surface area contributed by atoms with Gasteiger partial charge in [-0.15, -0.1) is 0 Å². The van der Waals surface area contributed by atoms with Crippen molar-refractivity contribution in [2.24, 2.45) is 5.73 Å². The predicted molar refractivity (Wildman–Crippen MR) is 70.0 cm³/mol. The van der Waals surface area contributed by atoms with Crippen molar-refractivity contribution in [3.05, 3.63) is 46.5 Å². The minimum absolute atomic E-state index is 0.0985. The van der Waals surface area contributed by atoms with E-state index in [0.29, 0.717) is 0 Å². The Hall–Kier alpha value is -1.17. The SMILES string of the molecule is Cc1c(Br)cccc1-n1cncc1C(N)CO. The number of imidazole rings is 1. The van der Waals surface area contributed by atoms with E-state index in [1.165, 1.54) is 0 Å². The summed E-state index contributed by atoms with van der Waals surface area (Å²) in [5.74, 6) is 0. The van der Waals surface area contributed by atoms with E-state index in [4.69, 9.17) is 10.8 Å². The molecule has 0 amide bonds. The molecule has 4 nitrogen and oxygen atoms in total. The van der Waals surface area contributed by atoms with Crippen molar-refractivity contribution in [2.45, 2.75) is 13.0 Å². The molecule has 3 N–H and O–H groups in total. The fourth-order valence-electron chi connectivity index (χ4n) is 1.73. The highest BCUT2D eigenvalue weighted by Gasteiger charge is 2.13. The Morgan fingerprint density at radius 1 is 1.53 bits per heavy atom. The van der Waals surface area contributed by atoms with Gasteiger partial charge < -0.3 is 15.4 Å². The first-order valence-electron chi connectivity index (χ1n) is 5.29. The summed E-state index contributed by atoms with van der Waals surface area (Å²) in [6.07, 6.45) is 3.39. The fourth-order valence-corrected chi connectivity index (χ4v) is 2.09. The number of aliphatic hydroxyl groups excluding tert-OH is 1. The van der Waals surface area contributed by atoms with Crippen molar-refractivity contribution < 1.29 is 5.11 Å². The molecule has 90 valence electrons. The van der Waals surface area contributed by atoms with Gasteiger partial charge in [-0.25, -0.2) is 4.98 Å². The molecule has 0 spiro atoms. The third kappa shape index (κ3) is 2.26. The van der Waals surface area contributed by atoms with Crippen molar-refractivity contribution in [1.29, 1.82) is 0 Å². The van der Waals surface area contributed by atoms with Crippen LogP contribution >= 0.6 is 15.9 Å². The lowest BCUT2D eigenvalue weighted by molar-refractivity contribution is 0.265. The van der Waals surface area contributed by atoms with E-state index >= 15 is 0 Å². The summed E-state index contributed by atoms with van der Waals surface area (Å²) in [7, 11) is 0. The van der Waals surface area contributed by atoms with E-state index in [-0.39, 0.29) is 6.61 Å². The zero-order valence-corrected chi connectivity index (χ0v) is 11.1. The van der Waals surface area contributed by atoms with Gasteiger partial charge in [0.25, 0.3) is 0 Å². The van der Waals surface area contributed by atoms with Crippen LogP contribution in [0, 0.1) is 6.92 Å². The summed E-state index contributed by atoms with van der Waals surface area (Å²) in [6, 6.07) is 5.52. The summed E-state index contributed by atoms with van der Waals surface area (Å²) in [4.78, 5) is 4.09. The quantitative estimate of drug-likeness (QED) is 0.909. The van der Waals surface area contributed by atoms with Crippen LogP contribution in [0.2, 0.25) is 0 Å². The molecule has 0 aliphatic carbocycles. The Bertz CT molecular complexity index is 524. The maximum absolute atomic E-state index is 9.13. The molecule has 5 heteroatoms. The van der Waals surface area contributed by atoms with Crippen LogP contribution in [-0.4, -0.2) is 21.3 Å². The van der Waals surface area contributed by atoms with Crippen LogP contribution < -0.4 is 5.73 Å². The van der Waals surface area contributed by atoms with Crippen molar-refractivity contribution in [3.8, 4) is 5.69 Å². The lowest BCUT2D eigenvalue weighted by atomic mass is 10.2. The Morgan fingerprint density at radius 3 is 3.00 bits per heavy atom. The van der Waals surface area contributed by atoms with Crippen molar-refractivity contribution >= 4 is 15.9 Å². The largest absolute Gasteiger partial charge is 0.394 e. The maximum Gasteiger partial charge on any atom is 0.0994 e. The first-order chi connectivity index (χ1) is 8.15. The minimum atomic E-state index is -0.420. The average Bonchev–Trinajstić information content (AvgIpc) is 2.80. The Morgan fingerprint density at radius 2 is 2.29 bits per heavy atom. The van der Waals surface area contributed by atoms with Crippen molar-refractivity contribution in [2.75, 3.05) is 6.61 Å². The molecule has 2 aromatic rings. The molecule has 1 aromatic heterocycles. The lowest BCUT2D eigenvalue weighted by Crippen LogP contribution is -2.18. The second-order valence-electron chi connectivity index (χ2n) is 3.86. The second-order valence-corrected chi connectivity index (χ2v) is 4.72. The van der Waals surface area contributed by atoms with Gasteiger partial charge in [0.2, 0.25) is 0 Å². The van der Waals surface area contributed by atoms with E-state index in [0.717, 1.165) is 21.4 Å². The number of nitrogens with two attached hydrogens (primary N) is 1. The molecule has 1 heterocycles. The van der Waals surface area contributed by atoms with Crippen molar-refractivity contribution in [1.82, 2.24) is 9.55 Å². The van der Waals surface area contributed by atoms with Crippen LogP contribution in [-0.2, 0) is 0 Å². The van der Waals surface area contributed by atoms with E-state index in [1.807, 2.05) is 29.7 Å². The van der Waals surface area contributed by atoms with Gasteiger partial charge >= 0.3 is 0 Å².